The highest BCUT2D eigenvalue weighted by Crippen LogP contribution is 2.21. The highest BCUT2D eigenvalue weighted by atomic mass is 16.6. The van der Waals surface area contributed by atoms with E-state index in [1.54, 1.807) is 6.20 Å². The van der Waals surface area contributed by atoms with Gasteiger partial charge in [-0.1, -0.05) is 35.5 Å². The number of rotatable bonds is 2. The third kappa shape index (κ3) is 2.12. The second kappa shape index (κ2) is 4.61. The van der Waals surface area contributed by atoms with E-state index in [9.17, 15) is 0 Å². The van der Waals surface area contributed by atoms with Crippen LogP contribution in [0.15, 0.2) is 53.9 Å². The molecule has 0 fully saturated rings. The zero-order chi connectivity index (χ0) is 12.4. The summed E-state index contributed by atoms with van der Waals surface area (Å²) in [4.78, 5) is 9.34. The number of benzene rings is 1. The highest BCUT2D eigenvalue weighted by molar-refractivity contribution is 6.01. The molecule has 0 spiro atoms. The molecule has 0 amide bonds. The Bertz CT molecular complexity index is 561. The van der Waals surface area contributed by atoms with Crippen LogP contribution in [0.5, 0.6) is 0 Å². The number of nitrogens with zero attached hydrogens (tertiary/aromatic N) is 2. The zero-order valence-corrected chi connectivity index (χ0v) is 10.2. The van der Waals surface area contributed by atoms with Gasteiger partial charge < -0.3 is 4.84 Å². The van der Waals surface area contributed by atoms with Crippen molar-refractivity contribution in [2.24, 2.45) is 5.16 Å². The Labute approximate surface area is 106 Å². The molecule has 3 heteroatoms. The molecule has 0 aliphatic carbocycles. The van der Waals surface area contributed by atoms with E-state index >= 15 is 0 Å². The molecule has 1 aromatic carbocycles. The predicted molar refractivity (Wildman–Crippen MR) is 71.4 cm³/mol. The Morgan fingerprint density at radius 3 is 2.44 bits per heavy atom. The van der Waals surface area contributed by atoms with Gasteiger partial charge >= 0.3 is 0 Å². The Hall–Kier alpha value is -2.16. The molecular weight excluding hydrogens is 224 g/mol. The lowest BCUT2D eigenvalue weighted by atomic mass is 10.0. The van der Waals surface area contributed by atoms with Gasteiger partial charge in [-0.2, -0.15) is 0 Å². The van der Waals surface area contributed by atoms with Crippen LogP contribution in [-0.2, 0) is 4.84 Å². The first-order valence-corrected chi connectivity index (χ1v) is 6.06. The molecule has 0 saturated heterocycles. The smallest absolute Gasteiger partial charge is 0.130 e. The summed E-state index contributed by atoms with van der Waals surface area (Å²) in [7, 11) is 0. The number of aromatic nitrogens is 1. The van der Waals surface area contributed by atoms with Gasteiger partial charge in [0, 0.05) is 18.8 Å². The van der Waals surface area contributed by atoms with Gasteiger partial charge in [0.15, 0.2) is 0 Å². The minimum absolute atomic E-state index is 0.193. The molecule has 2 heterocycles. The lowest BCUT2D eigenvalue weighted by Gasteiger charge is -2.03. The molecule has 3 rings (SSSR count). The summed E-state index contributed by atoms with van der Waals surface area (Å²) in [6, 6.07) is 12.4. The molecule has 18 heavy (non-hydrogen) atoms. The van der Waals surface area contributed by atoms with Gasteiger partial charge in [0.05, 0.1) is 5.71 Å². The quantitative estimate of drug-likeness (QED) is 0.804. The molecule has 1 aliphatic rings. The normalized spacial score (nSPS) is 18.3. The van der Waals surface area contributed by atoms with Gasteiger partial charge in [-0.05, 0) is 29.7 Å². The van der Waals surface area contributed by atoms with E-state index < -0.39 is 0 Å². The molecule has 0 unspecified atom stereocenters. The fraction of sp³-hybridized carbons (Fsp3) is 0.200. The van der Waals surface area contributed by atoms with Crippen molar-refractivity contribution in [1.29, 1.82) is 0 Å². The van der Waals surface area contributed by atoms with Gasteiger partial charge in [0.1, 0.15) is 6.10 Å². The molecule has 0 N–H and O–H groups in total. The summed E-state index contributed by atoms with van der Waals surface area (Å²) in [5.74, 6) is 0. The molecule has 2 aromatic rings. The van der Waals surface area contributed by atoms with Crippen molar-refractivity contribution in [3.8, 4) is 11.1 Å². The number of oxime groups is 1. The molecule has 0 saturated carbocycles. The standard InChI is InChI=1S/C15H14N2O/c1-11-9-15(17-18-11)13-6-4-12(5-7-13)14-3-2-8-16-10-14/h2-8,10-11H,9H2,1H3/t11-/m0/s1. The van der Waals surface area contributed by atoms with Gasteiger partial charge in [-0.25, -0.2) is 0 Å². The maximum Gasteiger partial charge on any atom is 0.130 e. The topological polar surface area (TPSA) is 34.5 Å². The van der Waals surface area contributed by atoms with Gasteiger partial charge in [-0.15, -0.1) is 0 Å². The van der Waals surface area contributed by atoms with Crippen LogP contribution in [-0.4, -0.2) is 16.8 Å². The fourth-order valence-electron chi connectivity index (χ4n) is 2.06. The monoisotopic (exact) mass is 238 g/mol. The van der Waals surface area contributed by atoms with Crippen LogP contribution in [0, 0.1) is 0 Å². The minimum Gasteiger partial charge on any atom is -0.392 e. The van der Waals surface area contributed by atoms with Crippen molar-refractivity contribution in [3.05, 3.63) is 54.4 Å². The second-order valence-corrected chi connectivity index (χ2v) is 4.48. The summed E-state index contributed by atoms with van der Waals surface area (Å²) >= 11 is 0. The molecule has 0 bridgehead atoms. The largest absolute Gasteiger partial charge is 0.392 e. The van der Waals surface area contributed by atoms with Gasteiger partial charge in [-0.3, -0.25) is 4.98 Å². The van der Waals surface area contributed by atoms with Crippen molar-refractivity contribution >= 4 is 5.71 Å². The molecule has 0 radical (unpaired) electrons. The first-order chi connectivity index (χ1) is 8.83. The second-order valence-electron chi connectivity index (χ2n) is 4.48. The molecular formula is C15H14N2O. The molecule has 1 aromatic heterocycles. The molecule has 3 nitrogen and oxygen atoms in total. The number of hydrogen-bond donors (Lipinski definition) is 0. The zero-order valence-electron chi connectivity index (χ0n) is 10.2. The third-order valence-corrected chi connectivity index (χ3v) is 3.04. The summed E-state index contributed by atoms with van der Waals surface area (Å²) < 4.78 is 0. The van der Waals surface area contributed by atoms with Crippen LogP contribution < -0.4 is 0 Å². The van der Waals surface area contributed by atoms with E-state index in [0.29, 0.717) is 0 Å². The minimum atomic E-state index is 0.193. The van der Waals surface area contributed by atoms with Crippen LogP contribution in [0.25, 0.3) is 11.1 Å². The van der Waals surface area contributed by atoms with E-state index in [1.807, 2.05) is 19.2 Å². The lowest BCUT2D eigenvalue weighted by Crippen LogP contribution is -2.02. The summed E-state index contributed by atoms with van der Waals surface area (Å²) in [6.45, 7) is 2.03. The third-order valence-electron chi connectivity index (χ3n) is 3.04. The van der Waals surface area contributed by atoms with E-state index in [0.717, 1.165) is 23.3 Å². The predicted octanol–water partition coefficient (Wildman–Crippen LogP) is 3.26. The maximum atomic E-state index is 5.21. The highest BCUT2D eigenvalue weighted by Gasteiger charge is 2.17. The first-order valence-electron chi connectivity index (χ1n) is 6.06. The number of hydrogen-bond acceptors (Lipinski definition) is 3. The van der Waals surface area contributed by atoms with Crippen molar-refractivity contribution < 1.29 is 4.84 Å². The summed E-state index contributed by atoms with van der Waals surface area (Å²) in [6.07, 6.45) is 4.72. The van der Waals surface area contributed by atoms with Crippen molar-refractivity contribution in [2.45, 2.75) is 19.4 Å². The maximum absolute atomic E-state index is 5.21. The fourth-order valence-corrected chi connectivity index (χ4v) is 2.06. The van der Waals surface area contributed by atoms with Crippen molar-refractivity contribution in [1.82, 2.24) is 4.98 Å². The molecule has 1 aliphatic heterocycles. The SMILES string of the molecule is C[C@H]1CC(c2ccc(-c3cccnc3)cc2)=NO1. The molecule has 90 valence electrons. The van der Waals surface area contributed by atoms with Crippen LogP contribution in [0.3, 0.4) is 0 Å². The Morgan fingerprint density at radius 1 is 1.06 bits per heavy atom. The van der Waals surface area contributed by atoms with Crippen LogP contribution in [0.4, 0.5) is 0 Å². The van der Waals surface area contributed by atoms with Gasteiger partial charge in [0.2, 0.25) is 0 Å². The van der Waals surface area contributed by atoms with E-state index in [2.05, 4.69) is 40.5 Å². The molecule has 1 atom stereocenters. The van der Waals surface area contributed by atoms with Crippen LogP contribution in [0.2, 0.25) is 0 Å². The Morgan fingerprint density at radius 2 is 1.83 bits per heavy atom. The average molecular weight is 238 g/mol. The van der Waals surface area contributed by atoms with Crippen LogP contribution >= 0.6 is 0 Å². The first kappa shape index (κ1) is 11.0. The van der Waals surface area contributed by atoms with Crippen molar-refractivity contribution in [3.63, 3.8) is 0 Å². The Balaban J connectivity index is 1.86. The van der Waals surface area contributed by atoms with Crippen molar-refractivity contribution in [2.75, 3.05) is 0 Å². The van der Waals surface area contributed by atoms with E-state index in [1.165, 1.54) is 5.56 Å². The van der Waals surface area contributed by atoms with E-state index in [4.69, 9.17) is 4.84 Å². The lowest BCUT2D eigenvalue weighted by molar-refractivity contribution is 0.0995. The van der Waals surface area contributed by atoms with Crippen LogP contribution in [0.1, 0.15) is 18.9 Å². The Kier molecular flexibility index (Phi) is 2.81. The summed E-state index contributed by atoms with van der Waals surface area (Å²) in [5, 5.41) is 4.09. The average Bonchev–Trinajstić information content (AvgIpc) is 2.87. The van der Waals surface area contributed by atoms with E-state index in [-0.39, 0.29) is 6.10 Å². The van der Waals surface area contributed by atoms with Gasteiger partial charge in [0.25, 0.3) is 0 Å². The number of pyridine rings is 1. The summed E-state index contributed by atoms with van der Waals surface area (Å²) in [5.41, 5.74) is 4.45.